The van der Waals surface area contributed by atoms with Crippen LogP contribution in [-0.4, -0.2) is 10.9 Å². The van der Waals surface area contributed by atoms with Crippen LogP contribution in [0, 0.1) is 11.8 Å². The Bertz CT molecular complexity index is 957. The van der Waals surface area contributed by atoms with E-state index in [2.05, 4.69) is 41.5 Å². The topological polar surface area (TPSA) is 42.0 Å². The summed E-state index contributed by atoms with van der Waals surface area (Å²) in [7, 11) is 0. The molecule has 1 aliphatic rings. The number of amides is 1. The molecular formula is C24H25ClN2O. The number of hydrogen-bond donors (Lipinski definition) is 1. The Morgan fingerprint density at radius 1 is 1.04 bits per heavy atom. The van der Waals surface area contributed by atoms with Gasteiger partial charge in [0.25, 0.3) is 0 Å². The summed E-state index contributed by atoms with van der Waals surface area (Å²) in [6.45, 7) is 2.05. The lowest BCUT2D eigenvalue weighted by Gasteiger charge is -2.32. The highest BCUT2D eigenvalue weighted by atomic mass is 35.5. The molecule has 4 heteroatoms. The molecule has 144 valence electrons. The number of nitrogens with one attached hydrogen (secondary N) is 1. The largest absolute Gasteiger partial charge is 0.326 e. The fourth-order valence-corrected chi connectivity index (χ4v) is 4.53. The number of fused-ring (bicyclic) bond motifs is 1. The Morgan fingerprint density at radius 3 is 2.50 bits per heavy atom. The van der Waals surface area contributed by atoms with Gasteiger partial charge in [0.05, 0.1) is 5.52 Å². The van der Waals surface area contributed by atoms with E-state index in [9.17, 15) is 4.79 Å². The molecule has 1 atom stereocenters. The summed E-state index contributed by atoms with van der Waals surface area (Å²) in [5.74, 6) is 1.08. The third kappa shape index (κ3) is 4.05. The molecular weight excluding hydrogens is 368 g/mol. The number of pyridine rings is 1. The van der Waals surface area contributed by atoms with Gasteiger partial charge in [-0.05, 0) is 79.5 Å². The quantitative estimate of drug-likeness (QED) is 0.555. The van der Waals surface area contributed by atoms with Gasteiger partial charge >= 0.3 is 0 Å². The fourth-order valence-electron chi connectivity index (χ4n) is 4.41. The van der Waals surface area contributed by atoms with Crippen molar-refractivity contribution in [1.29, 1.82) is 0 Å². The molecule has 0 aliphatic heterocycles. The average Bonchev–Trinajstić information content (AvgIpc) is 2.74. The third-order valence-electron chi connectivity index (χ3n) is 6.13. The molecule has 1 saturated carbocycles. The Hall–Kier alpha value is -2.39. The van der Waals surface area contributed by atoms with Crippen LogP contribution >= 0.6 is 11.6 Å². The first-order chi connectivity index (χ1) is 13.6. The molecule has 1 amide bonds. The minimum atomic E-state index is 0.00538. The number of nitrogens with zero attached hydrogens (tertiary/aromatic N) is 1. The number of aromatic nitrogens is 1. The highest BCUT2D eigenvalue weighted by Gasteiger charge is 2.30. The number of anilines is 1. The van der Waals surface area contributed by atoms with E-state index in [4.69, 9.17) is 11.6 Å². The first-order valence-electron chi connectivity index (χ1n) is 10.0. The number of carbonyl (C=O) groups is 1. The molecule has 0 saturated heterocycles. The zero-order valence-electron chi connectivity index (χ0n) is 16.1. The predicted octanol–water partition coefficient (Wildman–Crippen LogP) is 6.44. The monoisotopic (exact) mass is 392 g/mol. The lowest BCUT2D eigenvalue weighted by atomic mass is 9.73. The summed E-state index contributed by atoms with van der Waals surface area (Å²) >= 11 is 5.92. The van der Waals surface area contributed by atoms with Crippen LogP contribution in [0.1, 0.15) is 44.1 Å². The van der Waals surface area contributed by atoms with Crippen molar-refractivity contribution in [3.63, 3.8) is 0 Å². The first-order valence-corrected chi connectivity index (χ1v) is 10.4. The van der Waals surface area contributed by atoms with Gasteiger partial charge in [-0.1, -0.05) is 36.7 Å². The van der Waals surface area contributed by atoms with Gasteiger partial charge in [0.1, 0.15) is 0 Å². The molecule has 1 heterocycles. The SMILES string of the molecule is C[C@H](C(=O)Nc1ccc(Cl)cc1)[C@H]1CC[C@H](c2ccnc3ccccc32)CC1. The van der Waals surface area contributed by atoms with Gasteiger partial charge < -0.3 is 5.32 Å². The molecule has 0 radical (unpaired) electrons. The number of benzene rings is 2. The Labute approximate surface area is 171 Å². The summed E-state index contributed by atoms with van der Waals surface area (Å²) in [6, 6.07) is 17.8. The van der Waals surface area contributed by atoms with Gasteiger partial charge in [-0.15, -0.1) is 0 Å². The van der Waals surface area contributed by atoms with Crippen molar-refractivity contribution in [2.24, 2.45) is 11.8 Å². The van der Waals surface area contributed by atoms with Crippen LogP contribution in [0.25, 0.3) is 10.9 Å². The van der Waals surface area contributed by atoms with Gasteiger partial charge in [-0.3, -0.25) is 9.78 Å². The van der Waals surface area contributed by atoms with Gasteiger partial charge in [0.2, 0.25) is 5.91 Å². The first kappa shape index (κ1) is 18.9. The van der Waals surface area contributed by atoms with E-state index in [-0.39, 0.29) is 11.8 Å². The van der Waals surface area contributed by atoms with E-state index in [0.29, 0.717) is 16.9 Å². The zero-order valence-corrected chi connectivity index (χ0v) is 16.8. The smallest absolute Gasteiger partial charge is 0.227 e. The van der Waals surface area contributed by atoms with Crippen LogP contribution in [0.2, 0.25) is 5.02 Å². The highest BCUT2D eigenvalue weighted by Crippen LogP contribution is 2.40. The van der Waals surface area contributed by atoms with Crippen LogP contribution in [0.15, 0.2) is 60.8 Å². The second kappa shape index (κ2) is 8.32. The summed E-state index contributed by atoms with van der Waals surface area (Å²) in [6.07, 6.45) is 6.33. The third-order valence-corrected chi connectivity index (χ3v) is 6.38. The molecule has 4 rings (SSSR count). The van der Waals surface area contributed by atoms with E-state index < -0.39 is 0 Å². The van der Waals surface area contributed by atoms with E-state index in [1.165, 1.54) is 10.9 Å². The molecule has 1 N–H and O–H groups in total. The summed E-state index contributed by atoms with van der Waals surface area (Å²) in [4.78, 5) is 17.2. The number of para-hydroxylation sites is 1. The number of rotatable bonds is 4. The molecule has 2 aromatic carbocycles. The van der Waals surface area contributed by atoms with Crippen molar-refractivity contribution in [2.45, 2.75) is 38.5 Å². The molecule has 0 bridgehead atoms. The van der Waals surface area contributed by atoms with Crippen LogP contribution in [0.5, 0.6) is 0 Å². The van der Waals surface area contributed by atoms with E-state index in [0.717, 1.165) is 36.9 Å². The normalized spacial score (nSPS) is 20.6. The van der Waals surface area contributed by atoms with Crippen molar-refractivity contribution in [2.75, 3.05) is 5.32 Å². The minimum Gasteiger partial charge on any atom is -0.326 e. The standard InChI is InChI=1S/C24H25ClN2O/c1-16(24(28)27-20-12-10-19(25)11-13-20)17-6-8-18(9-7-17)21-14-15-26-23-5-3-2-4-22(21)23/h2-5,10-18H,6-9H2,1H3,(H,27,28)/t16-,17-,18-/m0/s1. The Morgan fingerprint density at radius 2 is 1.75 bits per heavy atom. The zero-order chi connectivity index (χ0) is 19.5. The average molecular weight is 393 g/mol. The molecule has 1 aliphatic carbocycles. The van der Waals surface area contributed by atoms with Crippen molar-refractivity contribution in [3.8, 4) is 0 Å². The second-order valence-corrected chi connectivity index (χ2v) is 8.25. The van der Waals surface area contributed by atoms with Crippen LogP contribution in [0.4, 0.5) is 5.69 Å². The van der Waals surface area contributed by atoms with Crippen LogP contribution < -0.4 is 5.32 Å². The van der Waals surface area contributed by atoms with E-state index in [1.807, 2.05) is 24.4 Å². The number of halogens is 1. The summed E-state index contributed by atoms with van der Waals surface area (Å²) < 4.78 is 0. The molecule has 3 aromatic rings. The number of hydrogen-bond acceptors (Lipinski definition) is 2. The van der Waals surface area contributed by atoms with Crippen molar-refractivity contribution in [1.82, 2.24) is 4.98 Å². The van der Waals surface area contributed by atoms with Gasteiger partial charge in [0.15, 0.2) is 0 Å². The second-order valence-electron chi connectivity index (χ2n) is 7.81. The van der Waals surface area contributed by atoms with Crippen LogP contribution in [0.3, 0.4) is 0 Å². The lowest BCUT2D eigenvalue weighted by molar-refractivity contribution is -0.121. The lowest BCUT2D eigenvalue weighted by Crippen LogP contribution is -2.29. The summed E-state index contributed by atoms with van der Waals surface area (Å²) in [5.41, 5.74) is 3.28. The van der Waals surface area contributed by atoms with Gasteiger partial charge in [-0.2, -0.15) is 0 Å². The maximum atomic E-state index is 12.7. The summed E-state index contributed by atoms with van der Waals surface area (Å²) in [5, 5.41) is 4.97. The van der Waals surface area contributed by atoms with Gasteiger partial charge in [0, 0.05) is 28.2 Å². The van der Waals surface area contributed by atoms with Gasteiger partial charge in [-0.25, -0.2) is 0 Å². The molecule has 1 fully saturated rings. The molecule has 1 aromatic heterocycles. The minimum absolute atomic E-state index is 0.00538. The maximum absolute atomic E-state index is 12.7. The van der Waals surface area contributed by atoms with Crippen molar-refractivity contribution >= 4 is 34.1 Å². The number of carbonyl (C=O) groups excluding carboxylic acids is 1. The Balaban J connectivity index is 1.39. The van der Waals surface area contributed by atoms with E-state index >= 15 is 0 Å². The maximum Gasteiger partial charge on any atom is 0.227 e. The van der Waals surface area contributed by atoms with Crippen molar-refractivity contribution in [3.05, 3.63) is 71.4 Å². The fraction of sp³-hybridized carbons (Fsp3) is 0.333. The van der Waals surface area contributed by atoms with Crippen LogP contribution in [-0.2, 0) is 4.79 Å². The Kier molecular flexibility index (Phi) is 5.63. The molecule has 3 nitrogen and oxygen atoms in total. The molecule has 28 heavy (non-hydrogen) atoms. The predicted molar refractivity (Wildman–Crippen MR) is 116 cm³/mol. The molecule has 0 spiro atoms. The molecule has 0 unspecified atom stereocenters. The van der Waals surface area contributed by atoms with Crippen molar-refractivity contribution < 1.29 is 4.79 Å². The highest BCUT2D eigenvalue weighted by molar-refractivity contribution is 6.30. The van der Waals surface area contributed by atoms with E-state index in [1.54, 1.807) is 12.1 Å².